The van der Waals surface area contributed by atoms with Gasteiger partial charge in [-0.2, -0.15) is 0 Å². The van der Waals surface area contributed by atoms with Gasteiger partial charge < -0.3 is 0 Å². The van der Waals surface area contributed by atoms with E-state index in [1.807, 2.05) is 60.7 Å². The van der Waals surface area contributed by atoms with Gasteiger partial charge in [0.05, 0.1) is 0 Å². The van der Waals surface area contributed by atoms with Crippen molar-refractivity contribution in [1.82, 2.24) is 0 Å². The Hall–Kier alpha value is -2.88. The third-order valence-corrected chi connectivity index (χ3v) is 2.15. The smallest absolute Gasteiger partial charge is 0.0255 e. The Morgan fingerprint density at radius 1 is 0.444 bits per heavy atom. The highest BCUT2D eigenvalue weighted by Gasteiger charge is 1.79. The van der Waals surface area contributed by atoms with E-state index in [9.17, 15) is 0 Å². The minimum atomic E-state index is 0.961. The molecule has 0 heteroatoms. The van der Waals surface area contributed by atoms with E-state index in [2.05, 4.69) is 35.5 Å². The van der Waals surface area contributed by atoms with Crippen LogP contribution in [0.4, 0.5) is 0 Å². The van der Waals surface area contributed by atoms with Crippen molar-refractivity contribution in [2.24, 2.45) is 0 Å². The maximum absolute atomic E-state index is 2.95. The summed E-state index contributed by atoms with van der Waals surface area (Å²) in [6.45, 7) is 0. The predicted molar refractivity (Wildman–Crippen MR) is 74.4 cm³/mol. The van der Waals surface area contributed by atoms with Crippen molar-refractivity contribution in [2.75, 3.05) is 0 Å². The van der Waals surface area contributed by atoms with Crippen molar-refractivity contribution < 1.29 is 0 Å². The van der Waals surface area contributed by atoms with E-state index in [4.69, 9.17) is 0 Å². The van der Waals surface area contributed by atoms with Crippen LogP contribution >= 0.6 is 0 Å². The largest absolute Gasteiger partial charge is 0.0622 e. The molecule has 18 heavy (non-hydrogen) atoms. The summed E-state index contributed by atoms with van der Waals surface area (Å²) in [7, 11) is 0. The van der Waals surface area contributed by atoms with E-state index in [1.165, 1.54) is 0 Å². The average molecular weight is 226 g/mol. The number of rotatable bonds is 0. The molecule has 0 nitrogen and oxygen atoms in total. The van der Waals surface area contributed by atoms with Crippen LogP contribution in [0.5, 0.6) is 0 Å². The summed E-state index contributed by atoms with van der Waals surface area (Å²) >= 11 is 0. The Balaban J connectivity index is 1.99. The number of hydrogen-bond acceptors (Lipinski definition) is 0. The molecule has 0 bridgehead atoms. The van der Waals surface area contributed by atoms with Crippen molar-refractivity contribution in [3.63, 3.8) is 0 Å². The molecule has 0 atom stereocenters. The Kier molecular flexibility index (Phi) is 4.28. The lowest BCUT2D eigenvalue weighted by Crippen LogP contribution is -1.69. The van der Waals surface area contributed by atoms with Gasteiger partial charge in [-0.1, -0.05) is 48.2 Å². The predicted octanol–water partition coefficient (Wildman–Crippen LogP) is 3.09. The quantitative estimate of drug-likeness (QED) is 0.605. The molecule has 0 saturated carbocycles. The molecular weight excluding hydrogens is 216 g/mol. The van der Waals surface area contributed by atoms with Crippen molar-refractivity contribution in [3.8, 4) is 35.5 Å². The minimum absolute atomic E-state index is 0.961. The van der Waals surface area contributed by atoms with Crippen molar-refractivity contribution in [1.29, 1.82) is 0 Å². The van der Waals surface area contributed by atoms with Crippen molar-refractivity contribution >= 4 is 0 Å². The molecule has 0 N–H and O–H groups in total. The van der Waals surface area contributed by atoms with E-state index in [-0.39, 0.29) is 0 Å². The van der Waals surface area contributed by atoms with Gasteiger partial charge in [-0.15, -0.1) is 0 Å². The van der Waals surface area contributed by atoms with Gasteiger partial charge in [0.15, 0.2) is 0 Å². The highest BCUT2D eigenvalue weighted by molar-refractivity contribution is 5.45. The summed E-state index contributed by atoms with van der Waals surface area (Å²) < 4.78 is 0. The van der Waals surface area contributed by atoms with E-state index in [0.717, 1.165) is 11.1 Å². The van der Waals surface area contributed by atoms with Crippen LogP contribution < -0.4 is 0 Å². The second-order valence-electron chi connectivity index (χ2n) is 3.48. The van der Waals surface area contributed by atoms with Crippen molar-refractivity contribution in [3.05, 3.63) is 71.8 Å². The molecular formula is C18H10. The third kappa shape index (κ3) is 3.94. The molecule has 0 unspecified atom stereocenters. The summed E-state index contributed by atoms with van der Waals surface area (Å²) in [5.41, 5.74) is 1.92. The molecule has 0 aromatic heterocycles. The molecule has 0 fully saturated rings. The highest BCUT2D eigenvalue weighted by Crippen LogP contribution is 1.94. The molecule has 2 aromatic carbocycles. The molecule has 82 valence electrons. The first kappa shape index (κ1) is 11.6. The van der Waals surface area contributed by atoms with Crippen LogP contribution in [0.1, 0.15) is 11.1 Å². The Morgan fingerprint density at radius 2 is 0.833 bits per heavy atom. The van der Waals surface area contributed by atoms with Gasteiger partial charge in [0, 0.05) is 11.1 Å². The highest BCUT2D eigenvalue weighted by atomic mass is 13.8. The normalized spacial score (nSPS) is 7.78. The van der Waals surface area contributed by atoms with Gasteiger partial charge in [0.2, 0.25) is 0 Å². The standard InChI is InChI=1S/C18H10/c1(5-11-17-13-7-3-8-14-17)2-6-12-18-15-9-4-10-16-18/h3-4,7-10,13-16H. The topological polar surface area (TPSA) is 0 Å². The van der Waals surface area contributed by atoms with Gasteiger partial charge in [0.1, 0.15) is 0 Å². The molecule has 0 spiro atoms. The van der Waals surface area contributed by atoms with Crippen LogP contribution in [-0.2, 0) is 0 Å². The lowest BCUT2D eigenvalue weighted by Gasteiger charge is -1.83. The molecule has 0 aliphatic carbocycles. The van der Waals surface area contributed by atoms with Crippen LogP contribution in [0.25, 0.3) is 0 Å². The molecule has 0 saturated heterocycles. The first-order chi connectivity index (χ1) is 8.95. The lowest BCUT2D eigenvalue weighted by atomic mass is 10.2. The maximum atomic E-state index is 2.95. The summed E-state index contributed by atoms with van der Waals surface area (Å²) in [4.78, 5) is 0. The van der Waals surface area contributed by atoms with Gasteiger partial charge in [-0.25, -0.2) is 0 Å². The molecule has 2 aromatic rings. The summed E-state index contributed by atoms with van der Waals surface area (Å²) in [6.07, 6.45) is 0. The molecule has 0 amide bonds. The fourth-order valence-electron chi connectivity index (χ4n) is 1.31. The fourth-order valence-corrected chi connectivity index (χ4v) is 1.31. The van der Waals surface area contributed by atoms with Crippen LogP contribution in [0.15, 0.2) is 60.7 Å². The average Bonchev–Trinajstić information content (AvgIpc) is 2.45. The first-order valence-corrected chi connectivity index (χ1v) is 5.57. The van der Waals surface area contributed by atoms with Crippen LogP contribution in [0.3, 0.4) is 0 Å². The van der Waals surface area contributed by atoms with E-state index in [0.29, 0.717) is 0 Å². The Labute approximate surface area is 108 Å². The number of hydrogen-bond donors (Lipinski definition) is 0. The third-order valence-electron chi connectivity index (χ3n) is 2.15. The Morgan fingerprint density at radius 3 is 1.22 bits per heavy atom. The maximum Gasteiger partial charge on any atom is 0.0255 e. The fraction of sp³-hybridized carbons (Fsp3) is 0. The molecule has 0 aliphatic rings. The van der Waals surface area contributed by atoms with Gasteiger partial charge in [-0.3, -0.25) is 0 Å². The lowest BCUT2D eigenvalue weighted by molar-refractivity contribution is 1.65. The van der Waals surface area contributed by atoms with Crippen LogP contribution in [0.2, 0.25) is 0 Å². The monoisotopic (exact) mass is 226 g/mol. The van der Waals surface area contributed by atoms with Crippen LogP contribution in [0, 0.1) is 35.5 Å². The number of benzene rings is 2. The summed E-state index contributed by atoms with van der Waals surface area (Å²) in [5.74, 6) is 16.9. The molecule has 0 heterocycles. The minimum Gasteiger partial charge on any atom is -0.0622 e. The van der Waals surface area contributed by atoms with E-state index in [1.54, 1.807) is 0 Å². The zero-order chi connectivity index (χ0) is 12.5. The zero-order valence-corrected chi connectivity index (χ0v) is 9.77. The van der Waals surface area contributed by atoms with Gasteiger partial charge in [-0.05, 0) is 47.9 Å². The van der Waals surface area contributed by atoms with Gasteiger partial charge in [0.25, 0.3) is 0 Å². The molecule has 2 rings (SSSR count). The van der Waals surface area contributed by atoms with Gasteiger partial charge >= 0.3 is 0 Å². The second-order valence-corrected chi connectivity index (χ2v) is 3.48. The Bertz CT molecular complexity index is 614. The van der Waals surface area contributed by atoms with E-state index >= 15 is 0 Å². The van der Waals surface area contributed by atoms with Crippen LogP contribution in [-0.4, -0.2) is 0 Å². The molecule has 0 aliphatic heterocycles. The summed E-state index contributed by atoms with van der Waals surface area (Å²) in [5, 5.41) is 0. The zero-order valence-electron chi connectivity index (χ0n) is 9.77. The first-order valence-electron chi connectivity index (χ1n) is 5.57. The summed E-state index contributed by atoms with van der Waals surface area (Å²) in [6, 6.07) is 19.5. The van der Waals surface area contributed by atoms with Crippen molar-refractivity contribution in [2.45, 2.75) is 0 Å². The van der Waals surface area contributed by atoms with E-state index < -0.39 is 0 Å². The second kappa shape index (κ2) is 6.65. The SMILES string of the molecule is C(#CC#Cc1ccccc1)C#Cc1ccccc1. The molecule has 0 radical (unpaired) electrons.